The Morgan fingerprint density at radius 2 is 1.95 bits per heavy atom. The first-order valence-electron chi connectivity index (χ1n) is 7.05. The van der Waals surface area contributed by atoms with Crippen LogP contribution in [0.1, 0.15) is 45.1 Å². The van der Waals surface area contributed by atoms with Crippen molar-refractivity contribution in [3.63, 3.8) is 0 Å². The van der Waals surface area contributed by atoms with Gasteiger partial charge in [0.1, 0.15) is 18.1 Å². The molecule has 0 aromatic carbocycles. The number of ether oxygens (including phenoxy) is 2. The molecule has 19 heavy (non-hydrogen) atoms. The first-order valence-corrected chi connectivity index (χ1v) is 7.05. The van der Waals surface area contributed by atoms with Crippen molar-refractivity contribution in [2.75, 3.05) is 13.2 Å². The summed E-state index contributed by atoms with van der Waals surface area (Å²) in [6.45, 7) is 8.65. The predicted octanol–water partition coefficient (Wildman–Crippen LogP) is 2.86. The van der Waals surface area contributed by atoms with Crippen molar-refractivity contribution in [2.45, 2.75) is 58.4 Å². The molecule has 1 aliphatic carbocycles. The molecule has 1 aromatic rings. The molecule has 1 heterocycles. The van der Waals surface area contributed by atoms with Gasteiger partial charge in [0.05, 0.1) is 25.4 Å². The summed E-state index contributed by atoms with van der Waals surface area (Å²) in [5.41, 5.74) is -0.101. The molecule has 0 saturated heterocycles. The molecule has 108 valence electrons. The Balaban J connectivity index is 1.57. The van der Waals surface area contributed by atoms with Crippen LogP contribution in [0.2, 0.25) is 0 Å². The van der Waals surface area contributed by atoms with Crippen molar-refractivity contribution >= 4 is 0 Å². The second kappa shape index (κ2) is 6.55. The van der Waals surface area contributed by atoms with E-state index in [0.29, 0.717) is 25.9 Å². The Morgan fingerprint density at radius 3 is 2.63 bits per heavy atom. The van der Waals surface area contributed by atoms with Gasteiger partial charge < -0.3 is 19.2 Å². The monoisotopic (exact) mass is 267 g/mol. The highest BCUT2D eigenvalue weighted by Gasteiger charge is 2.20. The fourth-order valence-electron chi connectivity index (χ4n) is 1.71. The standard InChI is InChI=1S/C15H25NO3/c1-15(2,3)18-9-8-17-11-14-7-6-13(19-14)10-16-12-4-5-12/h6-7,12,16H,4-5,8-11H2,1-3H3. The number of furan rings is 1. The van der Waals surface area contributed by atoms with Crippen molar-refractivity contribution in [3.8, 4) is 0 Å². The van der Waals surface area contributed by atoms with Crippen LogP contribution < -0.4 is 5.32 Å². The zero-order valence-corrected chi connectivity index (χ0v) is 12.2. The topological polar surface area (TPSA) is 43.6 Å². The van der Waals surface area contributed by atoms with E-state index in [-0.39, 0.29) is 5.60 Å². The average molecular weight is 267 g/mol. The number of hydrogen-bond acceptors (Lipinski definition) is 4. The predicted molar refractivity (Wildman–Crippen MR) is 73.9 cm³/mol. The average Bonchev–Trinajstić information content (AvgIpc) is 3.05. The van der Waals surface area contributed by atoms with Gasteiger partial charge in [-0.3, -0.25) is 0 Å². The minimum Gasteiger partial charge on any atom is -0.462 e. The summed E-state index contributed by atoms with van der Waals surface area (Å²) in [6, 6.07) is 4.70. The summed E-state index contributed by atoms with van der Waals surface area (Å²) in [6.07, 6.45) is 2.59. The summed E-state index contributed by atoms with van der Waals surface area (Å²) >= 11 is 0. The van der Waals surface area contributed by atoms with E-state index in [1.807, 2.05) is 32.9 Å². The first-order chi connectivity index (χ1) is 9.03. The molecule has 0 bridgehead atoms. The SMILES string of the molecule is CC(C)(C)OCCOCc1ccc(CNC2CC2)o1. The van der Waals surface area contributed by atoms with Crippen LogP contribution in [0.25, 0.3) is 0 Å². The van der Waals surface area contributed by atoms with Crippen LogP contribution in [-0.2, 0) is 22.6 Å². The molecule has 0 radical (unpaired) electrons. The van der Waals surface area contributed by atoms with Crippen LogP contribution in [0, 0.1) is 0 Å². The summed E-state index contributed by atoms with van der Waals surface area (Å²) < 4.78 is 16.8. The smallest absolute Gasteiger partial charge is 0.129 e. The molecule has 0 atom stereocenters. The Morgan fingerprint density at radius 1 is 1.21 bits per heavy atom. The largest absolute Gasteiger partial charge is 0.462 e. The van der Waals surface area contributed by atoms with Crippen LogP contribution >= 0.6 is 0 Å². The number of hydrogen-bond donors (Lipinski definition) is 1. The van der Waals surface area contributed by atoms with E-state index in [4.69, 9.17) is 13.9 Å². The molecule has 0 aliphatic heterocycles. The quantitative estimate of drug-likeness (QED) is 0.736. The zero-order valence-electron chi connectivity index (χ0n) is 12.2. The lowest BCUT2D eigenvalue weighted by molar-refractivity contribution is -0.0395. The first kappa shape index (κ1) is 14.6. The van der Waals surface area contributed by atoms with E-state index < -0.39 is 0 Å². The van der Waals surface area contributed by atoms with E-state index in [1.54, 1.807) is 0 Å². The zero-order chi connectivity index (χ0) is 13.7. The highest BCUT2D eigenvalue weighted by Crippen LogP contribution is 2.19. The van der Waals surface area contributed by atoms with Gasteiger partial charge in [-0.1, -0.05) is 0 Å². The molecule has 2 rings (SSSR count). The van der Waals surface area contributed by atoms with Gasteiger partial charge in [0, 0.05) is 6.04 Å². The molecular weight excluding hydrogens is 242 g/mol. The van der Waals surface area contributed by atoms with Gasteiger partial charge in [-0.2, -0.15) is 0 Å². The molecule has 4 nitrogen and oxygen atoms in total. The molecule has 1 aliphatic rings. The third kappa shape index (κ3) is 6.23. The summed E-state index contributed by atoms with van der Waals surface area (Å²) in [5.74, 6) is 1.86. The maximum Gasteiger partial charge on any atom is 0.129 e. The second-order valence-corrected chi connectivity index (χ2v) is 6.04. The molecule has 1 aromatic heterocycles. The van der Waals surface area contributed by atoms with Crippen LogP contribution in [0.15, 0.2) is 16.5 Å². The van der Waals surface area contributed by atoms with Crippen molar-refractivity contribution in [3.05, 3.63) is 23.7 Å². The lowest BCUT2D eigenvalue weighted by Crippen LogP contribution is -2.21. The van der Waals surface area contributed by atoms with Gasteiger partial charge in [0.15, 0.2) is 0 Å². The van der Waals surface area contributed by atoms with Crippen LogP contribution in [0.4, 0.5) is 0 Å². The van der Waals surface area contributed by atoms with Gasteiger partial charge in [-0.15, -0.1) is 0 Å². The highest BCUT2D eigenvalue weighted by atomic mass is 16.5. The van der Waals surface area contributed by atoms with Gasteiger partial charge in [-0.25, -0.2) is 0 Å². The fraction of sp³-hybridized carbons (Fsp3) is 0.733. The molecular formula is C15H25NO3. The Labute approximate surface area is 115 Å². The Bertz CT molecular complexity index is 377. The van der Waals surface area contributed by atoms with Crippen LogP contribution in [0.5, 0.6) is 0 Å². The molecule has 1 saturated carbocycles. The summed E-state index contributed by atoms with van der Waals surface area (Å²) in [4.78, 5) is 0. The van der Waals surface area contributed by atoms with Gasteiger partial charge >= 0.3 is 0 Å². The molecule has 0 spiro atoms. The molecule has 0 amide bonds. The molecule has 1 N–H and O–H groups in total. The number of nitrogens with one attached hydrogen (secondary N) is 1. The second-order valence-electron chi connectivity index (χ2n) is 6.04. The maximum atomic E-state index is 5.68. The Kier molecular flexibility index (Phi) is 5.02. The van der Waals surface area contributed by atoms with Gasteiger partial charge in [0.2, 0.25) is 0 Å². The van der Waals surface area contributed by atoms with Crippen LogP contribution in [0.3, 0.4) is 0 Å². The van der Waals surface area contributed by atoms with E-state index in [1.165, 1.54) is 12.8 Å². The summed E-state index contributed by atoms with van der Waals surface area (Å²) in [7, 11) is 0. The minimum absolute atomic E-state index is 0.101. The third-order valence-corrected chi connectivity index (χ3v) is 2.87. The van der Waals surface area contributed by atoms with Crippen molar-refractivity contribution < 1.29 is 13.9 Å². The van der Waals surface area contributed by atoms with Crippen molar-refractivity contribution in [1.82, 2.24) is 5.32 Å². The Hall–Kier alpha value is -0.840. The van der Waals surface area contributed by atoms with E-state index in [2.05, 4.69) is 5.32 Å². The lowest BCUT2D eigenvalue weighted by Gasteiger charge is -2.19. The molecule has 0 unspecified atom stereocenters. The fourth-order valence-corrected chi connectivity index (χ4v) is 1.71. The summed E-state index contributed by atoms with van der Waals surface area (Å²) in [5, 5.41) is 3.42. The molecule has 4 heteroatoms. The highest BCUT2D eigenvalue weighted by molar-refractivity contribution is 5.06. The van der Waals surface area contributed by atoms with Gasteiger partial charge in [-0.05, 0) is 45.7 Å². The normalized spacial score (nSPS) is 15.9. The minimum atomic E-state index is -0.101. The van der Waals surface area contributed by atoms with Crippen molar-refractivity contribution in [2.24, 2.45) is 0 Å². The lowest BCUT2D eigenvalue weighted by atomic mass is 10.2. The number of rotatable bonds is 8. The van der Waals surface area contributed by atoms with Crippen LogP contribution in [-0.4, -0.2) is 24.9 Å². The maximum absolute atomic E-state index is 5.68. The third-order valence-electron chi connectivity index (χ3n) is 2.87. The van der Waals surface area contributed by atoms with E-state index in [0.717, 1.165) is 18.1 Å². The van der Waals surface area contributed by atoms with E-state index >= 15 is 0 Å². The molecule has 1 fully saturated rings. The van der Waals surface area contributed by atoms with Gasteiger partial charge in [0.25, 0.3) is 0 Å². The van der Waals surface area contributed by atoms with E-state index in [9.17, 15) is 0 Å². The van der Waals surface area contributed by atoms with Crippen molar-refractivity contribution in [1.29, 1.82) is 0 Å².